The third-order valence-electron chi connectivity index (χ3n) is 5.13. The second-order valence-corrected chi connectivity index (χ2v) is 9.97. The van der Waals surface area contributed by atoms with Crippen LogP contribution in [-0.4, -0.2) is 43.7 Å². The van der Waals surface area contributed by atoms with Gasteiger partial charge in [-0.2, -0.15) is 0 Å². The second kappa shape index (κ2) is 10.8. The smallest absolute Gasteiger partial charge is 0.216 e. The molecule has 4 rings (SSSR count). The molecule has 4 aromatic rings. The van der Waals surface area contributed by atoms with Crippen molar-refractivity contribution in [1.29, 1.82) is 0 Å². The van der Waals surface area contributed by atoms with Crippen molar-refractivity contribution in [3.05, 3.63) is 75.6 Å². The molecule has 0 spiro atoms. The Bertz CT molecular complexity index is 1310. The lowest BCUT2D eigenvalue weighted by Gasteiger charge is -2.13. The molecule has 0 saturated heterocycles. The monoisotopic (exact) mass is 491 g/mol. The first-order valence-corrected chi connectivity index (χ1v) is 12.7. The van der Waals surface area contributed by atoms with Gasteiger partial charge >= 0.3 is 0 Å². The van der Waals surface area contributed by atoms with Crippen LogP contribution in [0.2, 0.25) is 0 Å². The standard InChI is InChI=1S/C25H25N5O2S2/c1-16-7-9-21(17(2)14-16)30-24(20-6-4-5-12-27-20)28-29-25(30)33-15-22(32)23-10-8-19(34-23)11-13-26-18(3)31/h4-10,12,14H,11,13,15H2,1-3H3,(H,26,31). The molecule has 0 bridgehead atoms. The Morgan fingerprint density at radius 3 is 2.68 bits per heavy atom. The van der Waals surface area contributed by atoms with Crippen molar-refractivity contribution in [2.75, 3.05) is 12.3 Å². The number of ketones is 1. The lowest BCUT2D eigenvalue weighted by atomic mass is 10.1. The van der Waals surface area contributed by atoms with Crippen LogP contribution in [0.25, 0.3) is 17.2 Å². The van der Waals surface area contributed by atoms with Crippen molar-refractivity contribution in [3.8, 4) is 17.2 Å². The highest BCUT2D eigenvalue weighted by Gasteiger charge is 2.20. The topological polar surface area (TPSA) is 89.8 Å². The van der Waals surface area contributed by atoms with Crippen LogP contribution in [0.5, 0.6) is 0 Å². The molecule has 174 valence electrons. The highest BCUT2D eigenvalue weighted by atomic mass is 32.2. The molecular formula is C25H25N5O2S2. The first-order valence-electron chi connectivity index (χ1n) is 10.9. The highest BCUT2D eigenvalue weighted by Crippen LogP contribution is 2.30. The first-order chi connectivity index (χ1) is 16.4. The van der Waals surface area contributed by atoms with E-state index in [0.717, 1.165) is 21.8 Å². The van der Waals surface area contributed by atoms with E-state index in [-0.39, 0.29) is 17.4 Å². The van der Waals surface area contributed by atoms with E-state index in [1.54, 1.807) is 6.20 Å². The second-order valence-electron chi connectivity index (χ2n) is 7.86. The van der Waals surface area contributed by atoms with E-state index in [2.05, 4.69) is 46.5 Å². The zero-order valence-corrected chi connectivity index (χ0v) is 20.9. The van der Waals surface area contributed by atoms with E-state index in [4.69, 9.17) is 0 Å². The Hall–Kier alpha value is -3.30. The van der Waals surface area contributed by atoms with Gasteiger partial charge in [-0.15, -0.1) is 21.5 Å². The van der Waals surface area contributed by atoms with Crippen LogP contribution >= 0.6 is 23.1 Å². The summed E-state index contributed by atoms with van der Waals surface area (Å²) in [6.07, 6.45) is 2.44. The molecule has 1 amide bonds. The van der Waals surface area contributed by atoms with E-state index >= 15 is 0 Å². The van der Waals surface area contributed by atoms with Crippen LogP contribution in [0.1, 0.15) is 32.6 Å². The van der Waals surface area contributed by atoms with Gasteiger partial charge in [0.15, 0.2) is 16.8 Å². The number of Topliss-reactive ketones (excluding diaryl/α,β-unsaturated/α-hetero) is 1. The lowest BCUT2D eigenvalue weighted by molar-refractivity contribution is -0.118. The highest BCUT2D eigenvalue weighted by molar-refractivity contribution is 7.99. The number of thiophene rings is 1. The van der Waals surface area contributed by atoms with Crippen molar-refractivity contribution >= 4 is 34.8 Å². The summed E-state index contributed by atoms with van der Waals surface area (Å²) in [4.78, 5) is 30.2. The number of aryl methyl sites for hydroxylation is 2. The van der Waals surface area contributed by atoms with Crippen LogP contribution in [0.4, 0.5) is 0 Å². The van der Waals surface area contributed by atoms with Crippen molar-refractivity contribution in [2.24, 2.45) is 0 Å². The summed E-state index contributed by atoms with van der Waals surface area (Å²) in [6, 6.07) is 15.7. The van der Waals surface area contributed by atoms with Gasteiger partial charge in [-0.1, -0.05) is 35.5 Å². The van der Waals surface area contributed by atoms with Gasteiger partial charge in [-0.25, -0.2) is 0 Å². The summed E-state index contributed by atoms with van der Waals surface area (Å²) in [5, 5.41) is 12.2. The molecule has 0 aliphatic carbocycles. The maximum absolute atomic E-state index is 12.9. The molecule has 3 heterocycles. The molecule has 0 radical (unpaired) electrons. The number of carbonyl (C=O) groups excluding carboxylic acids is 2. The quantitative estimate of drug-likeness (QED) is 0.271. The van der Waals surface area contributed by atoms with Crippen LogP contribution in [-0.2, 0) is 11.2 Å². The zero-order chi connectivity index (χ0) is 24.1. The van der Waals surface area contributed by atoms with Gasteiger partial charge in [-0.3, -0.25) is 19.1 Å². The number of rotatable bonds is 9. The van der Waals surface area contributed by atoms with Crippen LogP contribution < -0.4 is 5.32 Å². The fraction of sp³-hybridized carbons (Fsp3) is 0.240. The number of pyridine rings is 1. The van der Waals surface area contributed by atoms with E-state index in [0.29, 0.717) is 28.8 Å². The molecule has 9 heteroatoms. The van der Waals surface area contributed by atoms with Crippen molar-refractivity contribution in [1.82, 2.24) is 25.1 Å². The van der Waals surface area contributed by atoms with Crippen LogP contribution in [0, 0.1) is 13.8 Å². The predicted octanol–water partition coefficient (Wildman–Crippen LogP) is 4.66. The molecule has 1 aromatic carbocycles. The molecule has 0 atom stereocenters. The third-order valence-corrected chi connectivity index (χ3v) is 7.25. The lowest BCUT2D eigenvalue weighted by Crippen LogP contribution is -2.22. The Morgan fingerprint density at radius 2 is 1.94 bits per heavy atom. The Kier molecular flexibility index (Phi) is 7.54. The average molecular weight is 492 g/mol. The number of hydrogen-bond donors (Lipinski definition) is 1. The minimum Gasteiger partial charge on any atom is -0.356 e. The fourth-order valence-corrected chi connectivity index (χ4v) is 5.39. The first kappa shape index (κ1) is 23.8. The summed E-state index contributed by atoms with van der Waals surface area (Å²) >= 11 is 2.83. The molecule has 7 nitrogen and oxygen atoms in total. The number of nitrogens with one attached hydrogen (secondary N) is 1. The van der Waals surface area contributed by atoms with Gasteiger partial charge in [0, 0.05) is 24.5 Å². The van der Waals surface area contributed by atoms with E-state index < -0.39 is 0 Å². The predicted molar refractivity (Wildman–Crippen MR) is 136 cm³/mol. The maximum atomic E-state index is 12.9. The molecule has 3 aromatic heterocycles. The Morgan fingerprint density at radius 1 is 1.09 bits per heavy atom. The number of amides is 1. The summed E-state index contributed by atoms with van der Waals surface area (Å²) < 4.78 is 1.97. The third kappa shape index (κ3) is 5.60. The molecule has 0 aliphatic heterocycles. The molecule has 0 unspecified atom stereocenters. The molecule has 1 N–H and O–H groups in total. The van der Waals surface area contributed by atoms with E-state index in [1.165, 1.54) is 35.6 Å². The number of carbonyl (C=O) groups is 2. The normalized spacial score (nSPS) is 10.9. The van der Waals surface area contributed by atoms with Gasteiger partial charge < -0.3 is 5.32 Å². The van der Waals surface area contributed by atoms with Gasteiger partial charge in [0.2, 0.25) is 5.91 Å². The Labute approximate surface area is 206 Å². The summed E-state index contributed by atoms with van der Waals surface area (Å²) in [6.45, 7) is 6.17. The summed E-state index contributed by atoms with van der Waals surface area (Å²) in [5.74, 6) is 0.869. The fourth-order valence-electron chi connectivity index (χ4n) is 3.52. The van der Waals surface area contributed by atoms with Crippen molar-refractivity contribution in [2.45, 2.75) is 32.3 Å². The molecular weight excluding hydrogens is 466 g/mol. The minimum atomic E-state index is -0.0535. The van der Waals surface area contributed by atoms with Crippen LogP contribution in [0.3, 0.4) is 0 Å². The number of nitrogens with zero attached hydrogens (tertiary/aromatic N) is 4. The molecule has 0 aliphatic rings. The summed E-state index contributed by atoms with van der Waals surface area (Å²) in [7, 11) is 0. The molecule has 34 heavy (non-hydrogen) atoms. The zero-order valence-electron chi connectivity index (χ0n) is 19.2. The van der Waals surface area contributed by atoms with Gasteiger partial charge in [0.25, 0.3) is 0 Å². The summed E-state index contributed by atoms with van der Waals surface area (Å²) in [5.41, 5.74) is 3.94. The Balaban J connectivity index is 1.55. The largest absolute Gasteiger partial charge is 0.356 e. The molecule has 0 fully saturated rings. The van der Waals surface area contributed by atoms with Crippen molar-refractivity contribution < 1.29 is 9.59 Å². The number of benzene rings is 1. The van der Waals surface area contributed by atoms with Gasteiger partial charge in [0.1, 0.15) is 5.69 Å². The average Bonchev–Trinajstić information content (AvgIpc) is 3.45. The van der Waals surface area contributed by atoms with Gasteiger partial charge in [0.05, 0.1) is 16.3 Å². The van der Waals surface area contributed by atoms with Crippen molar-refractivity contribution in [3.63, 3.8) is 0 Å². The maximum Gasteiger partial charge on any atom is 0.216 e. The number of aromatic nitrogens is 4. The molecule has 0 saturated carbocycles. The van der Waals surface area contributed by atoms with Gasteiger partial charge in [-0.05, 0) is 56.2 Å². The van der Waals surface area contributed by atoms with Crippen LogP contribution in [0.15, 0.2) is 59.9 Å². The van der Waals surface area contributed by atoms with E-state index in [1.807, 2.05) is 41.0 Å². The minimum absolute atomic E-state index is 0.0374. The number of hydrogen-bond acceptors (Lipinski definition) is 7. The SMILES string of the molecule is CC(=O)NCCc1ccc(C(=O)CSc2nnc(-c3ccccn3)n2-c2ccc(C)cc2C)s1. The van der Waals surface area contributed by atoms with E-state index in [9.17, 15) is 9.59 Å². The number of thioether (sulfide) groups is 1.